The lowest BCUT2D eigenvalue weighted by Crippen LogP contribution is -2.39. The molecule has 0 amide bonds. The molecule has 1 aliphatic rings. The third-order valence-corrected chi connectivity index (χ3v) is 3.93. The van der Waals surface area contributed by atoms with Gasteiger partial charge in [-0.1, -0.05) is 19.9 Å². The van der Waals surface area contributed by atoms with Crippen LogP contribution in [0, 0.1) is 5.92 Å². The second kappa shape index (κ2) is 6.91. The van der Waals surface area contributed by atoms with E-state index in [0.29, 0.717) is 6.04 Å². The van der Waals surface area contributed by atoms with Crippen molar-refractivity contribution in [2.24, 2.45) is 5.92 Å². The number of rotatable bonds is 6. The summed E-state index contributed by atoms with van der Waals surface area (Å²) < 4.78 is 12.0. The zero-order valence-electron chi connectivity index (χ0n) is 14.9. The predicted octanol–water partition coefficient (Wildman–Crippen LogP) is 4.71. The number of hydrogen-bond donors (Lipinski definition) is 1. The van der Waals surface area contributed by atoms with Gasteiger partial charge in [-0.25, -0.2) is 0 Å². The van der Waals surface area contributed by atoms with Gasteiger partial charge in [-0.3, -0.25) is 0 Å². The summed E-state index contributed by atoms with van der Waals surface area (Å²) in [7, 11) is 0. The van der Waals surface area contributed by atoms with Crippen LogP contribution in [0.2, 0.25) is 0 Å². The molecule has 3 heteroatoms. The summed E-state index contributed by atoms with van der Waals surface area (Å²) in [5, 5.41) is 3.70. The van der Waals surface area contributed by atoms with Crippen molar-refractivity contribution < 1.29 is 9.47 Å². The smallest absolute Gasteiger partial charge is 0.128 e. The monoisotopic (exact) mass is 305 g/mol. The van der Waals surface area contributed by atoms with Gasteiger partial charge in [-0.05, 0) is 52.6 Å². The first-order valence-corrected chi connectivity index (χ1v) is 8.50. The lowest BCUT2D eigenvalue weighted by atomic mass is 9.89. The quantitative estimate of drug-likeness (QED) is 0.825. The standard InChI is InChI=1S/C19H31NO2/c1-13(2)9-10-20-17-12-19(5,6)22-18-11-15(21-14(3)4)7-8-16(17)18/h7-8,11,13-14,17,20H,9-10,12H2,1-6H3. The minimum absolute atomic E-state index is 0.154. The highest BCUT2D eigenvalue weighted by atomic mass is 16.5. The molecule has 1 heterocycles. The van der Waals surface area contributed by atoms with Gasteiger partial charge in [0.2, 0.25) is 0 Å². The second-order valence-corrected chi connectivity index (χ2v) is 7.62. The summed E-state index contributed by atoms with van der Waals surface area (Å²) in [5.41, 5.74) is 1.10. The van der Waals surface area contributed by atoms with Gasteiger partial charge >= 0.3 is 0 Å². The molecule has 0 radical (unpaired) electrons. The molecule has 3 nitrogen and oxygen atoms in total. The zero-order chi connectivity index (χ0) is 16.3. The van der Waals surface area contributed by atoms with Crippen molar-refractivity contribution in [3.8, 4) is 11.5 Å². The minimum Gasteiger partial charge on any atom is -0.491 e. The fraction of sp³-hybridized carbons (Fsp3) is 0.684. The Morgan fingerprint density at radius 1 is 1.27 bits per heavy atom. The molecule has 1 N–H and O–H groups in total. The van der Waals surface area contributed by atoms with Crippen LogP contribution in [-0.2, 0) is 0 Å². The molecule has 0 bridgehead atoms. The van der Waals surface area contributed by atoms with E-state index in [9.17, 15) is 0 Å². The Kier molecular flexibility index (Phi) is 5.38. The van der Waals surface area contributed by atoms with Gasteiger partial charge < -0.3 is 14.8 Å². The zero-order valence-corrected chi connectivity index (χ0v) is 14.9. The van der Waals surface area contributed by atoms with Crippen molar-refractivity contribution >= 4 is 0 Å². The molecule has 1 unspecified atom stereocenters. The van der Waals surface area contributed by atoms with Gasteiger partial charge in [-0.15, -0.1) is 0 Å². The molecule has 1 aliphatic heterocycles. The average Bonchev–Trinajstić information content (AvgIpc) is 2.35. The largest absolute Gasteiger partial charge is 0.491 e. The maximum atomic E-state index is 6.18. The van der Waals surface area contributed by atoms with E-state index in [2.05, 4.69) is 45.1 Å². The van der Waals surface area contributed by atoms with Crippen molar-refractivity contribution in [3.05, 3.63) is 23.8 Å². The van der Waals surface area contributed by atoms with Gasteiger partial charge in [0.15, 0.2) is 0 Å². The Balaban J connectivity index is 2.17. The molecule has 0 aromatic heterocycles. The summed E-state index contributed by atoms with van der Waals surface area (Å²) in [6, 6.07) is 6.59. The van der Waals surface area contributed by atoms with E-state index in [-0.39, 0.29) is 11.7 Å². The normalized spacial score (nSPS) is 19.9. The van der Waals surface area contributed by atoms with Crippen LogP contribution in [0.15, 0.2) is 18.2 Å². The molecule has 1 aromatic carbocycles. The molecule has 124 valence electrons. The third-order valence-electron chi connectivity index (χ3n) is 3.93. The lowest BCUT2D eigenvalue weighted by molar-refractivity contribution is 0.0653. The van der Waals surface area contributed by atoms with Crippen LogP contribution in [0.4, 0.5) is 0 Å². The van der Waals surface area contributed by atoms with Crippen LogP contribution in [0.5, 0.6) is 11.5 Å². The van der Waals surface area contributed by atoms with E-state index in [4.69, 9.17) is 9.47 Å². The van der Waals surface area contributed by atoms with Crippen LogP contribution in [0.3, 0.4) is 0 Å². The van der Waals surface area contributed by atoms with Gasteiger partial charge in [0.1, 0.15) is 17.1 Å². The van der Waals surface area contributed by atoms with E-state index in [1.54, 1.807) is 0 Å². The fourth-order valence-electron chi connectivity index (χ4n) is 2.91. The van der Waals surface area contributed by atoms with Gasteiger partial charge in [0.25, 0.3) is 0 Å². The van der Waals surface area contributed by atoms with Gasteiger partial charge in [0, 0.05) is 24.1 Å². The number of ether oxygens (including phenoxy) is 2. The van der Waals surface area contributed by atoms with Gasteiger partial charge in [-0.2, -0.15) is 0 Å². The second-order valence-electron chi connectivity index (χ2n) is 7.62. The number of benzene rings is 1. The highest BCUT2D eigenvalue weighted by Gasteiger charge is 2.33. The maximum absolute atomic E-state index is 6.18. The van der Waals surface area contributed by atoms with E-state index in [1.165, 1.54) is 12.0 Å². The Morgan fingerprint density at radius 2 is 2.00 bits per heavy atom. The third kappa shape index (κ3) is 4.64. The first-order valence-electron chi connectivity index (χ1n) is 8.50. The average molecular weight is 305 g/mol. The molecular weight excluding hydrogens is 274 g/mol. The van der Waals surface area contributed by atoms with E-state index in [0.717, 1.165) is 30.4 Å². The van der Waals surface area contributed by atoms with Crippen molar-refractivity contribution in [1.29, 1.82) is 0 Å². The Hall–Kier alpha value is -1.22. The molecular formula is C19H31NO2. The SMILES string of the molecule is CC(C)CCNC1CC(C)(C)Oc2cc(OC(C)C)ccc21. The van der Waals surface area contributed by atoms with E-state index in [1.807, 2.05) is 19.9 Å². The first kappa shape index (κ1) is 17.1. The molecule has 22 heavy (non-hydrogen) atoms. The topological polar surface area (TPSA) is 30.5 Å². The number of fused-ring (bicyclic) bond motifs is 1. The minimum atomic E-state index is -0.154. The van der Waals surface area contributed by atoms with Crippen LogP contribution in [0.25, 0.3) is 0 Å². The molecule has 0 saturated carbocycles. The first-order chi connectivity index (χ1) is 10.3. The van der Waals surface area contributed by atoms with Crippen molar-refractivity contribution in [1.82, 2.24) is 5.32 Å². The summed E-state index contributed by atoms with van der Waals surface area (Å²) in [5.74, 6) is 2.56. The molecule has 1 atom stereocenters. The Bertz CT molecular complexity index is 494. The van der Waals surface area contributed by atoms with Crippen molar-refractivity contribution in [2.45, 2.75) is 72.1 Å². The highest BCUT2D eigenvalue weighted by molar-refractivity contribution is 5.44. The molecule has 0 spiro atoms. The summed E-state index contributed by atoms with van der Waals surface area (Å²) >= 11 is 0. The van der Waals surface area contributed by atoms with Crippen LogP contribution < -0.4 is 14.8 Å². The fourth-order valence-corrected chi connectivity index (χ4v) is 2.91. The molecule has 0 saturated heterocycles. The summed E-state index contributed by atoms with van der Waals surface area (Å²) in [4.78, 5) is 0. The maximum Gasteiger partial charge on any atom is 0.128 e. The van der Waals surface area contributed by atoms with Gasteiger partial charge in [0.05, 0.1) is 6.10 Å². The van der Waals surface area contributed by atoms with Crippen LogP contribution in [0.1, 0.15) is 66.0 Å². The Labute approximate surface area is 135 Å². The number of nitrogens with one attached hydrogen (secondary N) is 1. The van der Waals surface area contributed by atoms with Crippen molar-refractivity contribution in [2.75, 3.05) is 6.54 Å². The molecule has 0 fully saturated rings. The summed E-state index contributed by atoms with van der Waals surface area (Å²) in [6.45, 7) is 14.0. The van der Waals surface area contributed by atoms with Crippen LogP contribution in [-0.4, -0.2) is 18.2 Å². The molecule has 2 rings (SSSR count). The van der Waals surface area contributed by atoms with E-state index >= 15 is 0 Å². The lowest BCUT2D eigenvalue weighted by Gasteiger charge is -2.38. The highest BCUT2D eigenvalue weighted by Crippen LogP contribution is 2.41. The molecule has 0 aliphatic carbocycles. The molecule has 1 aromatic rings. The van der Waals surface area contributed by atoms with E-state index < -0.39 is 0 Å². The number of hydrogen-bond acceptors (Lipinski definition) is 3. The Morgan fingerprint density at radius 3 is 2.64 bits per heavy atom. The van der Waals surface area contributed by atoms with Crippen LogP contribution >= 0.6 is 0 Å². The summed E-state index contributed by atoms with van der Waals surface area (Å²) in [6.07, 6.45) is 2.36. The van der Waals surface area contributed by atoms with Crippen molar-refractivity contribution in [3.63, 3.8) is 0 Å². The predicted molar refractivity (Wildman–Crippen MR) is 91.7 cm³/mol.